The Labute approximate surface area is 211 Å². The van der Waals surface area contributed by atoms with Crippen LogP contribution in [0.15, 0.2) is 54.7 Å². The average molecular weight is 566 g/mol. The molecule has 0 bridgehead atoms. The third-order valence-electron chi connectivity index (χ3n) is 4.23. The molecule has 0 aliphatic heterocycles. The number of benzene rings is 2. The fourth-order valence-corrected chi connectivity index (χ4v) is 5.89. The summed E-state index contributed by atoms with van der Waals surface area (Å²) in [5, 5.41) is 7.59. The van der Waals surface area contributed by atoms with Crippen LogP contribution in [0.2, 0.25) is 15.1 Å². The van der Waals surface area contributed by atoms with E-state index in [4.69, 9.17) is 39.2 Å². The van der Waals surface area contributed by atoms with Crippen molar-refractivity contribution in [2.75, 3.05) is 0 Å². The number of sulfonamides is 2. The van der Waals surface area contributed by atoms with E-state index in [2.05, 4.69) is 19.9 Å². The smallest absolute Gasteiger partial charge is 0.278 e. The fourth-order valence-electron chi connectivity index (χ4n) is 2.71. The lowest BCUT2D eigenvalue weighted by atomic mass is 10.1. The van der Waals surface area contributed by atoms with Crippen LogP contribution in [0.3, 0.4) is 0 Å². The highest BCUT2D eigenvalue weighted by atomic mass is 35.5. The van der Waals surface area contributed by atoms with Crippen molar-refractivity contribution in [3.05, 3.63) is 45.4 Å². The molecule has 9 nitrogen and oxygen atoms in total. The Morgan fingerprint density at radius 2 is 1.32 bits per heavy atom. The minimum absolute atomic E-state index is 0.0401. The molecule has 0 aliphatic carbocycles. The Morgan fingerprint density at radius 3 is 1.85 bits per heavy atom. The molecule has 2 aromatic carbocycles. The molecule has 0 saturated heterocycles. The summed E-state index contributed by atoms with van der Waals surface area (Å²) in [5.41, 5.74) is 1.47. The first kappa shape index (κ1) is 26.3. The second-order valence-corrected chi connectivity index (χ2v) is 11.9. The van der Waals surface area contributed by atoms with E-state index >= 15 is 0 Å². The first-order valence-corrected chi connectivity index (χ1v) is 13.6. The van der Waals surface area contributed by atoms with E-state index in [0.29, 0.717) is 11.4 Å². The molecule has 2 N–H and O–H groups in total. The van der Waals surface area contributed by atoms with E-state index in [9.17, 15) is 16.8 Å². The third-order valence-corrected chi connectivity index (χ3v) is 7.97. The Balaban J connectivity index is 2.15. The standard InChI is InChI=1S/C20H19Cl3N4O5S2/c1-10(2)24-26-33(28,29)17-7-12(5-6-14(17)21)20-19(23)13-8-18(15(22)9-16(13)32-20)34(30,31)27-25-11(3)4/h5-9,26-27H,1-4H3. The van der Waals surface area contributed by atoms with Crippen LogP contribution in [0.25, 0.3) is 22.3 Å². The predicted octanol–water partition coefficient (Wildman–Crippen LogP) is 5.41. The Bertz CT molecular complexity index is 1550. The number of hydrogen-bond donors (Lipinski definition) is 2. The molecule has 0 radical (unpaired) electrons. The molecule has 3 aromatic rings. The molecule has 0 spiro atoms. The van der Waals surface area contributed by atoms with E-state index < -0.39 is 20.0 Å². The van der Waals surface area contributed by atoms with Crippen molar-refractivity contribution in [2.45, 2.75) is 37.5 Å². The van der Waals surface area contributed by atoms with Gasteiger partial charge in [-0.3, -0.25) is 0 Å². The molecular weight excluding hydrogens is 547 g/mol. The highest BCUT2D eigenvalue weighted by Gasteiger charge is 2.24. The van der Waals surface area contributed by atoms with Crippen molar-refractivity contribution in [2.24, 2.45) is 10.2 Å². The van der Waals surface area contributed by atoms with Crippen LogP contribution in [-0.2, 0) is 20.0 Å². The van der Waals surface area contributed by atoms with Crippen LogP contribution < -0.4 is 9.66 Å². The van der Waals surface area contributed by atoms with Crippen molar-refractivity contribution in [3.63, 3.8) is 0 Å². The Morgan fingerprint density at radius 1 is 0.794 bits per heavy atom. The maximum absolute atomic E-state index is 12.6. The van der Waals surface area contributed by atoms with Gasteiger partial charge in [-0.2, -0.15) is 27.0 Å². The van der Waals surface area contributed by atoms with Crippen LogP contribution in [-0.4, -0.2) is 28.3 Å². The van der Waals surface area contributed by atoms with Crippen LogP contribution in [0, 0.1) is 0 Å². The van der Waals surface area contributed by atoms with Gasteiger partial charge in [0.05, 0.1) is 15.1 Å². The lowest BCUT2D eigenvalue weighted by Crippen LogP contribution is -2.19. The van der Waals surface area contributed by atoms with Gasteiger partial charge in [0.15, 0.2) is 5.76 Å². The molecule has 1 aromatic heterocycles. The predicted molar refractivity (Wildman–Crippen MR) is 135 cm³/mol. The van der Waals surface area contributed by atoms with E-state index in [0.717, 1.165) is 0 Å². The number of rotatable bonds is 7. The topological polar surface area (TPSA) is 130 Å². The summed E-state index contributed by atoms with van der Waals surface area (Å²) < 4.78 is 56.3. The molecule has 0 atom stereocenters. The summed E-state index contributed by atoms with van der Waals surface area (Å²) in [6, 6.07) is 6.71. The number of hydrogen-bond acceptors (Lipinski definition) is 7. The van der Waals surface area contributed by atoms with Gasteiger partial charge in [0.25, 0.3) is 20.0 Å². The monoisotopic (exact) mass is 564 g/mol. The average Bonchev–Trinajstić information content (AvgIpc) is 3.06. The largest absolute Gasteiger partial charge is 0.454 e. The molecule has 0 fully saturated rings. The number of fused-ring (bicyclic) bond motifs is 1. The van der Waals surface area contributed by atoms with Crippen molar-refractivity contribution in [1.82, 2.24) is 9.66 Å². The molecular formula is C20H19Cl3N4O5S2. The number of furan rings is 1. The Kier molecular flexibility index (Phi) is 7.54. The molecule has 0 unspecified atom stereocenters. The minimum Gasteiger partial charge on any atom is -0.454 e. The van der Waals surface area contributed by atoms with E-state index in [-0.39, 0.29) is 47.2 Å². The first-order valence-electron chi connectivity index (χ1n) is 9.50. The second kappa shape index (κ2) is 9.74. The van der Waals surface area contributed by atoms with Gasteiger partial charge in [0, 0.05) is 28.4 Å². The summed E-state index contributed by atoms with van der Waals surface area (Å²) in [7, 11) is -8.16. The van der Waals surface area contributed by atoms with Crippen LogP contribution in [0.4, 0.5) is 0 Å². The maximum atomic E-state index is 12.6. The zero-order chi connectivity index (χ0) is 25.4. The number of hydrazone groups is 2. The third kappa shape index (κ3) is 5.49. The van der Waals surface area contributed by atoms with E-state index in [1.165, 1.54) is 30.3 Å². The summed E-state index contributed by atoms with van der Waals surface area (Å²) >= 11 is 18.8. The summed E-state index contributed by atoms with van der Waals surface area (Å²) in [6.07, 6.45) is 0. The lowest BCUT2D eigenvalue weighted by Gasteiger charge is -2.08. The zero-order valence-corrected chi connectivity index (χ0v) is 22.2. The van der Waals surface area contributed by atoms with Gasteiger partial charge >= 0.3 is 0 Å². The van der Waals surface area contributed by atoms with Crippen LogP contribution in [0.5, 0.6) is 0 Å². The number of nitrogens with one attached hydrogen (secondary N) is 2. The van der Waals surface area contributed by atoms with Crippen molar-refractivity contribution < 1.29 is 21.3 Å². The second-order valence-electron chi connectivity index (χ2n) is 7.48. The van der Waals surface area contributed by atoms with Gasteiger partial charge in [-0.05, 0) is 52.0 Å². The molecule has 3 rings (SSSR count). The molecule has 14 heteroatoms. The highest BCUT2D eigenvalue weighted by molar-refractivity contribution is 7.89. The Hall–Kier alpha value is -2.31. The van der Waals surface area contributed by atoms with Gasteiger partial charge in [-0.15, -0.1) is 0 Å². The lowest BCUT2D eigenvalue weighted by molar-refractivity contribution is 0.583. The van der Waals surface area contributed by atoms with Gasteiger partial charge in [-0.25, -0.2) is 9.66 Å². The van der Waals surface area contributed by atoms with E-state index in [1.54, 1.807) is 27.7 Å². The normalized spacial score (nSPS) is 11.9. The van der Waals surface area contributed by atoms with Crippen LogP contribution in [0.1, 0.15) is 27.7 Å². The van der Waals surface area contributed by atoms with E-state index in [1.807, 2.05) is 0 Å². The molecule has 0 amide bonds. The van der Waals surface area contributed by atoms with Gasteiger partial charge in [0.2, 0.25) is 0 Å². The molecule has 1 heterocycles. The number of nitrogens with zero attached hydrogens (tertiary/aromatic N) is 2. The SMILES string of the molecule is CC(C)=NNS(=O)(=O)c1cc(-c2oc3cc(Cl)c(S(=O)(=O)NN=C(C)C)cc3c2Cl)ccc1Cl. The number of halogens is 3. The molecule has 182 valence electrons. The van der Waals surface area contributed by atoms with Crippen molar-refractivity contribution in [3.8, 4) is 11.3 Å². The van der Waals surface area contributed by atoms with Gasteiger partial charge < -0.3 is 4.42 Å². The van der Waals surface area contributed by atoms with Crippen LogP contribution >= 0.6 is 34.8 Å². The highest BCUT2D eigenvalue weighted by Crippen LogP contribution is 2.41. The molecule has 0 aliphatic rings. The van der Waals surface area contributed by atoms with Gasteiger partial charge in [-0.1, -0.05) is 34.8 Å². The van der Waals surface area contributed by atoms with Crippen molar-refractivity contribution in [1.29, 1.82) is 0 Å². The fraction of sp³-hybridized carbons (Fsp3) is 0.200. The van der Waals surface area contributed by atoms with Gasteiger partial charge in [0.1, 0.15) is 15.4 Å². The quantitative estimate of drug-likeness (QED) is 0.292. The maximum Gasteiger partial charge on any atom is 0.278 e. The van der Waals surface area contributed by atoms with Crippen molar-refractivity contribution >= 4 is 77.2 Å². The summed E-state index contributed by atoms with van der Waals surface area (Å²) in [4.78, 5) is 3.69. The first-order chi connectivity index (χ1) is 15.7. The molecule has 34 heavy (non-hydrogen) atoms. The minimum atomic E-state index is -4.08. The molecule has 0 saturated carbocycles. The summed E-state index contributed by atoms with van der Waals surface area (Å²) in [5.74, 6) is 0.0981. The zero-order valence-electron chi connectivity index (χ0n) is 18.3. The summed E-state index contributed by atoms with van der Waals surface area (Å²) in [6.45, 7) is 6.50.